The standard InChI is InChI=1S/C11H14ClN3O/c1-4-15(7-8(2)3)11(16)9-5-14-10(12)6-13-9/h5-6H,2,4,7H2,1,3H3. The van der Waals surface area contributed by atoms with Crippen molar-refractivity contribution in [2.75, 3.05) is 13.1 Å². The van der Waals surface area contributed by atoms with E-state index in [1.165, 1.54) is 12.4 Å². The van der Waals surface area contributed by atoms with Gasteiger partial charge < -0.3 is 4.90 Å². The molecule has 0 spiro atoms. The van der Waals surface area contributed by atoms with Gasteiger partial charge in [-0.15, -0.1) is 0 Å². The molecule has 86 valence electrons. The summed E-state index contributed by atoms with van der Waals surface area (Å²) in [7, 11) is 0. The van der Waals surface area contributed by atoms with Crippen LogP contribution in [0, 0.1) is 0 Å². The minimum absolute atomic E-state index is 0.158. The molecule has 0 radical (unpaired) electrons. The fraction of sp³-hybridized carbons (Fsp3) is 0.364. The van der Waals surface area contributed by atoms with Gasteiger partial charge in [0.1, 0.15) is 10.8 Å². The second-order valence-corrected chi connectivity index (χ2v) is 3.89. The molecule has 0 aromatic carbocycles. The summed E-state index contributed by atoms with van der Waals surface area (Å²) in [5.74, 6) is -0.158. The third-order valence-corrected chi connectivity index (χ3v) is 2.16. The van der Waals surface area contributed by atoms with E-state index in [9.17, 15) is 4.79 Å². The number of aromatic nitrogens is 2. The Bertz CT molecular complexity index is 389. The van der Waals surface area contributed by atoms with E-state index in [1.807, 2.05) is 13.8 Å². The zero-order chi connectivity index (χ0) is 12.1. The Morgan fingerprint density at radius 2 is 2.19 bits per heavy atom. The second-order valence-electron chi connectivity index (χ2n) is 3.50. The Morgan fingerprint density at radius 1 is 1.50 bits per heavy atom. The van der Waals surface area contributed by atoms with Gasteiger partial charge in [-0.1, -0.05) is 23.8 Å². The number of carbonyl (C=O) groups excluding carboxylic acids is 1. The molecule has 4 nitrogen and oxygen atoms in total. The average molecular weight is 240 g/mol. The Hall–Kier alpha value is -1.42. The predicted octanol–water partition coefficient (Wildman–Crippen LogP) is 2.17. The number of likely N-dealkylation sites (N-methyl/N-ethyl adjacent to an activating group) is 1. The zero-order valence-electron chi connectivity index (χ0n) is 9.40. The lowest BCUT2D eigenvalue weighted by atomic mass is 10.3. The number of rotatable bonds is 4. The van der Waals surface area contributed by atoms with Crippen LogP contribution < -0.4 is 0 Å². The highest BCUT2D eigenvalue weighted by Crippen LogP contribution is 2.06. The summed E-state index contributed by atoms with van der Waals surface area (Å²) in [6, 6.07) is 0. The largest absolute Gasteiger partial charge is 0.334 e. The molecule has 0 saturated heterocycles. The Kier molecular flexibility index (Phi) is 4.43. The van der Waals surface area contributed by atoms with Gasteiger partial charge in [-0.2, -0.15) is 0 Å². The number of halogens is 1. The molecule has 0 aliphatic rings. The number of carbonyl (C=O) groups is 1. The summed E-state index contributed by atoms with van der Waals surface area (Å²) in [6.45, 7) is 8.70. The van der Waals surface area contributed by atoms with Gasteiger partial charge in [0, 0.05) is 13.1 Å². The molecular weight excluding hydrogens is 226 g/mol. The minimum atomic E-state index is -0.158. The topological polar surface area (TPSA) is 46.1 Å². The second kappa shape index (κ2) is 5.61. The van der Waals surface area contributed by atoms with E-state index in [1.54, 1.807) is 4.90 Å². The molecule has 0 aliphatic heterocycles. The Morgan fingerprint density at radius 3 is 2.62 bits per heavy atom. The highest BCUT2D eigenvalue weighted by molar-refractivity contribution is 6.29. The van der Waals surface area contributed by atoms with E-state index in [2.05, 4.69) is 16.5 Å². The third kappa shape index (κ3) is 3.31. The van der Waals surface area contributed by atoms with Gasteiger partial charge >= 0.3 is 0 Å². The molecule has 1 aromatic rings. The van der Waals surface area contributed by atoms with E-state index in [0.29, 0.717) is 18.8 Å². The molecule has 1 rings (SSSR count). The smallest absolute Gasteiger partial charge is 0.274 e. The molecule has 1 amide bonds. The SMILES string of the molecule is C=C(C)CN(CC)C(=O)c1cnc(Cl)cn1. The normalized spacial score (nSPS) is 9.94. The van der Waals surface area contributed by atoms with E-state index in [0.717, 1.165) is 5.57 Å². The molecule has 0 atom stereocenters. The van der Waals surface area contributed by atoms with Crippen LogP contribution in [0.25, 0.3) is 0 Å². The molecule has 1 aromatic heterocycles. The van der Waals surface area contributed by atoms with Crippen LogP contribution in [0.4, 0.5) is 0 Å². The molecule has 0 N–H and O–H groups in total. The maximum atomic E-state index is 12.0. The van der Waals surface area contributed by atoms with Gasteiger partial charge in [0.25, 0.3) is 5.91 Å². The van der Waals surface area contributed by atoms with Crippen molar-refractivity contribution in [2.45, 2.75) is 13.8 Å². The molecule has 16 heavy (non-hydrogen) atoms. The van der Waals surface area contributed by atoms with Gasteiger partial charge in [-0.05, 0) is 13.8 Å². The van der Waals surface area contributed by atoms with Crippen LogP contribution >= 0.6 is 11.6 Å². The van der Waals surface area contributed by atoms with Crippen molar-refractivity contribution in [3.05, 3.63) is 35.4 Å². The van der Waals surface area contributed by atoms with Gasteiger partial charge in [0.05, 0.1) is 12.4 Å². The lowest BCUT2D eigenvalue weighted by Gasteiger charge is -2.20. The fourth-order valence-corrected chi connectivity index (χ4v) is 1.34. The summed E-state index contributed by atoms with van der Waals surface area (Å²) in [5, 5.41) is 0.277. The number of nitrogens with zero attached hydrogens (tertiary/aromatic N) is 3. The lowest BCUT2D eigenvalue weighted by Crippen LogP contribution is -2.32. The predicted molar refractivity (Wildman–Crippen MR) is 63.4 cm³/mol. The van der Waals surface area contributed by atoms with Crippen LogP contribution in [0.1, 0.15) is 24.3 Å². The van der Waals surface area contributed by atoms with Gasteiger partial charge in [0.15, 0.2) is 0 Å². The van der Waals surface area contributed by atoms with E-state index >= 15 is 0 Å². The van der Waals surface area contributed by atoms with E-state index in [-0.39, 0.29) is 11.1 Å². The summed E-state index contributed by atoms with van der Waals surface area (Å²) < 4.78 is 0. The molecule has 0 saturated carbocycles. The maximum absolute atomic E-state index is 12.0. The summed E-state index contributed by atoms with van der Waals surface area (Å²) in [6.07, 6.45) is 2.75. The minimum Gasteiger partial charge on any atom is -0.334 e. The molecule has 0 fully saturated rings. The van der Waals surface area contributed by atoms with Crippen molar-refractivity contribution >= 4 is 17.5 Å². The van der Waals surface area contributed by atoms with E-state index < -0.39 is 0 Å². The lowest BCUT2D eigenvalue weighted by molar-refractivity contribution is 0.0772. The summed E-state index contributed by atoms with van der Waals surface area (Å²) >= 11 is 5.60. The quantitative estimate of drug-likeness (QED) is 0.757. The van der Waals surface area contributed by atoms with Crippen LogP contribution in [-0.4, -0.2) is 33.9 Å². The maximum Gasteiger partial charge on any atom is 0.274 e. The first kappa shape index (κ1) is 12.6. The molecule has 0 unspecified atom stereocenters. The van der Waals surface area contributed by atoms with E-state index in [4.69, 9.17) is 11.6 Å². The summed E-state index contributed by atoms with van der Waals surface area (Å²) in [4.78, 5) is 21.4. The van der Waals surface area contributed by atoms with Gasteiger partial charge in [0.2, 0.25) is 0 Å². The van der Waals surface area contributed by atoms with Crippen molar-refractivity contribution in [3.8, 4) is 0 Å². The summed E-state index contributed by atoms with van der Waals surface area (Å²) in [5.41, 5.74) is 1.23. The monoisotopic (exact) mass is 239 g/mol. The first-order valence-corrected chi connectivity index (χ1v) is 5.33. The van der Waals surface area contributed by atoms with Crippen molar-refractivity contribution in [2.24, 2.45) is 0 Å². The van der Waals surface area contributed by atoms with Crippen LogP contribution in [0.3, 0.4) is 0 Å². The Labute approximate surface area is 100.0 Å². The molecule has 0 aliphatic carbocycles. The number of amides is 1. The Balaban J connectivity index is 2.82. The highest BCUT2D eigenvalue weighted by Gasteiger charge is 2.15. The van der Waals surface area contributed by atoms with Crippen molar-refractivity contribution in [1.29, 1.82) is 0 Å². The van der Waals surface area contributed by atoms with Crippen LogP contribution in [0.2, 0.25) is 5.15 Å². The van der Waals surface area contributed by atoms with Crippen molar-refractivity contribution in [3.63, 3.8) is 0 Å². The fourth-order valence-electron chi connectivity index (χ4n) is 1.24. The highest BCUT2D eigenvalue weighted by atomic mass is 35.5. The number of hydrogen-bond donors (Lipinski definition) is 0. The van der Waals surface area contributed by atoms with Crippen molar-refractivity contribution < 1.29 is 4.79 Å². The molecular formula is C11H14ClN3O. The van der Waals surface area contributed by atoms with Gasteiger partial charge in [-0.3, -0.25) is 4.79 Å². The van der Waals surface area contributed by atoms with Crippen LogP contribution in [0.5, 0.6) is 0 Å². The van der Waals surface area contributed by atoms with Crippen molar-refractivity contribution in [1.82, 2.24) is 14.9 Å². The molecule has 0 bridgehead atoms. The first-order chi connectivity index (χ1) is 7.54. The van der Waals surface area contributed by atoms with Crippen LogP contribution in [0.15, 0.2) is 24.5 Å². The third-order valence-electron chi connectivity index (χ3n) is 1.97. The first-order valence-electron chi connectivity index (χ1n) is 4.95. The zero-order valence-corrected chi connectivity index (χ0v) is 10.2. The van der Waals surface area contributed by atoms with Gasteiger partial charge in [-0.25, -0.2) is 9.97 Å². The molecule has 5 heteroatoms. The molecule has 1 heterocycles. The average Bonchev–Trinajstić information content (AvgIpc) is 2.25. The number of hydrogen-bond acceptors (Lipinski definition) is 3. The van der Waals surface area contributed by atoms with Crippen LogP contribution in [-0.2, 0) is 0 Å².